The first-order valence-electron chi connectivity index (χ1n) is 6.62. The molecule has 2 atom stereocenters. The van der Waals surface area contributed by atoms with E-state index in [-0.39, 0.29) is 5.97 Å². The Bertz CT molecular complexity index is 291. The Hall–Kier alpha value is -0.870. The molecule has 0 bridgehead atoms. The zero-order chi connectivity index (χ0) is 12.1. The Morgan fingerprint density at radius 2 is 2.35 bits per heavy atom. The molecule has 2 aliphatic rings. The van der Waals surface area contributed by atoms with Crippen LogP contribution in [0.2, 0.25) is 0 Å². The quantitative estimate of drug-likeness (QED) is 0.571. The van der Waals surface area contributed by atoms with Gasteiger partial charge in [-0.25, -0.2) is 4.79 Å². The fraction of sp³-hybridized carbons (Fsp3) is 0.769. The summed E-state index contributed by atoms with van der Waals surface area (Å²) in [6, 6.07) is 1.33. The molecule has 2 aliphatic heterocycles. The molecule has 2 unspecified atom stereocenters. The highest BCUT2D eigenvalue weighted by molar-refractivity contribution is 5.81. The van der Waals surface area contributed by atoms with Crippen molar-refractivity contribution in [2.24, 2.45) is 0 Å². The van der Waals surface area contributed by atoms with E-state index in [4.69, 9.17) is 4.74 Å². The van der Waals surface area contributed by atoms with Gasteiger partial charge in [-0.05, 0) is 32.7 Å². The number of ether oxygens (including phenoxy) is 1. The predicted molar refractivity (Wildman–Crippen MR) is 66.8 cm³/mol. The van der Waals surface area contributed by atoms with Crippen LogP contribution in [-0.2, 0) is 9.53 Å². The highest BCUT2D eigenvalue weighted by Gasteiger charge is 2.36. The molecule has 1 N–H and O–H groups in total. The zero-order valence-corrected chi connectivity index (χ0v) is 10.5. The van der Waals surface area contributed by atoms with Crippen molar-refractivity contribution < 1.29 is 9.53 Å². The van der Waals surface area contributed by atoms with Crippen LogP contribution in [0.4, 0.5) is 0 Å². The van der Waals surface area contributed by atoms with Crippen LogP contribution >= 0.6 is 0 Å². The second-order valence-corrected chi connectivity index (χ2v) is 4.70. The lowest BCUT2D eigenvalue weighted by molar-refractivity contribution is -0.137. The first-order chi connectivity index (χ1) is 8.31. The third-order valence-corrected chi connectivity index (χ3v) is 3.64. The van der Waals surface area contributed by atoms with Gasteiger partial charge in [0.1, 0.15) is 0 Å². The monoisotopic (exact) mass is 238 g/mol. The summed E-state index contributed by atoms with van der Waals surface area (Å²) in [7, 11) is 0. The van der Waals surface area contributed by atoms with Gasteiger partial charge in [0.05, 0.1) is 6.61 Å². The topological polar surface area (TPSA) is 41.6 Å². The SMILES string of the molecule is CCOC(=O)/C=C/CNC1CCN2CCCC12. The second kappa shape index (κ2) is 6.17. The maximum absolute atomic E-state index is 11.1. The van der Waals surface area contributed by atoms with Gasteiger partial charge in [-0.2, -0.15) is 0 Å². The fourth-order valence-electron chi connectivity index (χ4n) is 2.89. The van der Waals surface area contributed by atoms with E-state index in [0.717, 1.165) is 12.6 Å². The van der Waals surface area contributed by atoms with Crippen molar-refractivity contribution >= 4 is 5.97 Å². The van der Waals surface area contributed by atoms with Crippen LogP contribution in [-0.4, -0.2) is 49.2 Å². The van der Waals surface area contributed by atoms with Gasteiger partial charge >= 0.3 is 5.97 Å². The fourth-order valence-corrected chi connectivity index (χ4v) is 2.89. The van der Waals surface area contributed by atoms with Gasteiger partial charge in [0, 0.05) is 31.2 Å². The molecule has 2 heterocycles. The lowest BCUT2D eigenvalue weighted by Crippen LogP contribution is -2.39. The third kappa shape index (κ3) is 3.30. The van der Waals surface area contributed by atoms with E-state index in [1.54, 1.807) is 0 Å². The van der Waals surface area contributed by atoms with Crippen LogP contribution in [0.25, 0.3) is 0 Å². The molecule has 2 saturated heterocycles. The minimum Gasteiger partial charge on any atom is -0.463 e. The predicted octanol–water partition coefficient (Wildman–Crippen LogP) is 0.932. The molecule has 96 valence electrons. The number of fused-ring (bicyclic) bond motifs is 1. The van der Waals surface area contributed by atoms with E-state index in [9.17, 15) is 4.79 Å². The molecule has 17 heavy (non-hydrogen) atoms. The van der Waals surface area contributed by atoms with Crippen molar-refractivity contribution in [3.05, 3.63) is 12.2 Å². The molecule has 2 rings (SSSR count). The smallest absolute Gasteiger partial charge is 0.330 e. The van der Waals surface area contributed by atoms with Crippen LogP contribution in [0.15, 0.2) is 12.2 Å². The average molecular weight is 238 g/mol. The van der Waals surface area contributed by atoms with E-state index in [0.29, 0.717) is 12.6 Å². The number of nitrogens with one attached hydrogen (secondary N) is 1. The van der Waals surface area contributed by atoms with Gasteiger partial charge in [0.2, 0.25) is 0 Å². The van der Waals surface area contributed by atoms with Crippen molar-refractivity contribution in [3.63, 3.8) is 0 Å². The molecule has 0 aromatic heterocycles. The van der Waals surface area contributed by atoms with Gasteiger partial charge < -0.3 is 10.1 Å². The largest absolute Gasteiger partial charge is 0.463 e. The molecule has 0 saturated carbocycles. The number of esters is 1. The summed E-state index contributed by atoms with van der Waals surface area (Å²) < 4.78 is 4.82. The lowest BCUT2D eigenvalue weighted by Gasteiger charge is -2.20. The number of rotatable bonds is 5. The summed E-state index contributed by atoms with van der Waals surface area (Å²) in [6.45, 7) is 5.51. The highest BCUT2D eigenvalue weighted by atomic mass is 16.5. The molecule has 0 radical (unpaired) electrons. The van der Waals surface area contributed by atoms with Gasteiger partial charge in [-0.15, -0.1) is 0 Å². The number of hydrogen-bond donors (Lipinski definition) is 1. The average Bonchev–Trinajstić information content (AvgIpc) is 2.88. The van der Waals surface area contributed by atoms with Gasteiger partial charge in [-0.3, -0.25) is 4.90 Å². The van der Waals surface area contributed by atoms with Gasteiger partial charge in [-0.1, -0.05) is 6.08 Å². The van der Waals surface area contributed by atoms with Crippen LogP contribution in [0.1, 0.15) is 26.2 Å². The van der Waals surface area contributed by atoms with Crippen molar-refractivity contribution in [1.29, 1.82) is 0 Å². The van der Waals surface area contributed by atoms with Crippen molar-refractivity contribution in [3.8, 4) is 0 Å². The summed E-state index contributed by atoms with van der Waals surface area (Å²) in [5.74, 6) is -0.247. The Kier molecular flexibility index (Phi) is 4.57. The van der Waals surface area contributed by atoms with Gasteiger partial charge in [0.25, 0.3) is 0 Å². The molecule has 0 amide bonds. The standard InChI is InChI=1S/C13H22N2O2/c1-2-17-13(16)6-3-8-14-11-7-10-15-9-4-5-12(11)15/h3,6,11-12,14H,2,4-5,7-10H2,1H3/b6-3+. The van der Waals surface area contributed by atoms with E-state index in [2.05, 4.69) is 10.2 Å². The van der Waals surface area contributed by atoms with Crippen LogP contribution in [0.3, 0.4) is 0 Å². The van der Waals surface area contributed by atoms with E-state index >= 15 is 0 Å². The molecule has 0 aromatic rings. The third-order valence-electron chi connectivity index (χ3n) is 3.64. The normalized spacial score (nSPS) is 28.8. The summed E-state index contributed by atoms with van der Waals surface area (Å²) in [4.78, 5) is 13.7. The molecule has 0 aromatic carbocycles. The van der Waals surface area contributed by atoms with Crippen LogP contribution in [0.5, 0.6) is 0 Å². The molecule has 0 spiro atoms. The Labute approximate surface area is 103 Å². The van der Waals surface area contributed by atoms with E-state index in [1.807, 2.05) is 13.0 Å². The first kappa shape index (κ1) is 12.6. The molecule has 4 heteroatoms. The molecule has 2 fully saturated rings. The van der Waals surface area contributed by atoms with Crippen LogP contribution in [0, 0.1) is 0 Å². The maximum Gasteiger partial charge on any atom is 0.330 e. The van der Waals surface area contributed by atoms with Crippen molar-refractivity contribution in [2.75, 3.05) is 26.2 Å². The molecular formula is C13H22N2O2. The summed E-state index contributed by atoms with van der Waals surface area (Å²) >= 11 is 0. The van der Waals surface area contributed by atoms with Crippen LogP contribution < -0.4 is 5.32 Å². The Morgan fingerprint density at radius 3 is 3.18 bits per heavy atom. The summed E-state index contributed by atoms with van der Waals surface area (Å²) in [6.07, 6.45) is 7.26. The maximum atomic E-state index is 11.1. The van der Waals surface area contributed by atoms with E-state index < -0.39 is 0 Å². The number of carbonyl (C=O) groups is 1. The molecular weight excluding hydrogens is 216 g/mol. The summed E-state index contributed by atoms with van der Waals surface area (Å²) in [5.41, 5.74) is 0. The second-order valence-electron chi connectivity index (χ2n) is 4.70. The Balaban J connectivity index is 1.67. The molecule has 0 aliphatic carbocycles. The minimum atomic E-state index is -0.247. The summed E-state index contributed by atoms with van der Waals surface area (Å²) in [5, 5.41) is 3.51. The van der Waals surface area contributed by atoms with Crippen molar-refractivity contribution in [1.82, 2.24) is 10.2 Å². The first-order valence-corrected chi connectivity index (χ1v) is 6.62. The Morgan fingerprint density at radius 1 is 1.47 bits per heavy atom. The zero-order valence-electron chi connectivity index (χ0n) is 10.5. The number of hydrogen-bond acceptors (Lipinski definition) is 4. The number of nitrogens with zero attached hydrogens (tertiary/aromatic N) is 1. The highest BCUT2D eigenvalue weighted by Crippen LogP contribution is 2.27. The minimum absolute atomic E-state index is 0.247. The lowest BCUT2D eigenvalue weighted by atomic mass is 10.1. The molecule has 4 nitrogen and oxygen atoms in total. The number of carbonyl (C=O) groups excluding carboxylic acids is 1. The van der Waals surface area contributed by atoms with E-state index in [1.165, 1.54) is 38.4 Å². The van der Waals surface area contributed by atoms with Crippen molar-refractivity contribution in [2.45, 2.75) is 38.3 Å². The van der Waals surface area contributed by atoms with Gasteiger partial charge in [0.15, 0.2) is 0 Å².